The minimum absolute atomic E-state index is 0.217. The maximum atomic E-state index is 10.5. The SMILES string of the molecule is OC(Cc1ccc(-c2cc3ncnc(Nc4ccc5[nH]ccc5c4)c3s2)cc1)C1CCCN1. The maximum Gasteiger partial charge on any atom is 0.151 e. The molecular weight excluding hydrogens is 430 g/mol. The van der Waals surface area contributed by atoms with Crippen molar-refractivity contribution < 1.29 is 5.11 Å². The van der Waals surface area contributed by atoms with E-state index < -0.39 is 0 Å². The van der Waals surface area contributed by atoms with Crippen LogP contribution in [0.4, 0.5) is 11.5 Å². The van der Waals surface area contributed by atoms with Crippen molar-refractivity contribution in [2.75, 3.05) is 11.9 Å². The third-order valence-electron chi connectivity index (χ3n) is 6.37. The van der Waals surface area contributed by atoms with E-state index in [4.69, 9.17) is 0 Å². The number of rotatable bonds is 6. The van der Waals surface area contributed by atoms with E-state index in [0.717, 1.165) is 68.0 Å². The summed E-state index contributed by atoms with van der Waals surface area (Å²) in [5.74, 6) is 0.815. The number of hydrogen-bond donors (Lipinski definition) is 4. The number of fused-ring (bicyclic) bond motifs is 2. The monoisotopic (exact) mass is 455 g/mol. The molecule has 33 heavy (non-hydrogen) atoms. The number of aliphatic hydroxyl groups excluding tert-OH is 1. The molecule has 6 rings (SSSR count). The molecule has 4 N–H and O–H groups in total. The van der Waals surface area contributed by atoms with Crippen LogP contribution in [0.2, 0.25) is 0 Å². The van der Waals surface area contributed by atoms with E-state index in [-0.39, 0.29) is 12.1 Å². The van der Waals surface area contributed by atoms with Gasteiger partial charge in [-0.3, -0.25) is 0 Å². The number of aromatic nitrogens is 3. The van der Waals surface area contributed by atoms with Gasteiger partial charge in [0.15, 0.2) is 5.82 Å². The van der Waals surface area contributed by atoms with Gasteiger partial charge in [-0.15, -0.1) is 11.3 Å². The molecular formula is C26H25N5OS. The molecule has 0 amide bonds. The van der Waals surface area contributed by atoms with Gasteiger partial charge < -0.3 is 20.7 Å². The van der Waals surface area contributed by atoms with Gasteiger partial charge in [0.25, 0.3) is 0 Å². The summed E-state index contributed by atoms with van der Waals surface area (Å²) < 4.78 is 1.04. The molecule has 3 aromatic heterocycles. The Morgan fingerprint density at radius 1 is 1.09 bits per heavy atom. The lowest BCUT2D eigenvalue weighted by atomic mass is 10.00. The summed E-state index contributed by atoms with van der Waals surface area (Å²) in [6.45, 7) is 1.01. The largest absolute Gasteiger partial charge is 0.391 e. The number of benzene rings is 2. The van der Waals surface area contributed by atoms with Crippen LogP contribution in [0.5, 0.6) is 0 Å². The van der Waals surface area contributed by atoms with Crippen molar-refractivity contribution in [3.8, 4) is 10.4 Å². The molecule has 5 aromatic rings. The lowest BCUT2D eigenvalue weighted by Crippen LogP contribution is -2.36. The van der Waals surface area contributed by atoms with E-state index in [9.17, 15) is 5.11 Å². The minimum Gasteiger partial charge on any atom is -0.391 e. The van der Waals surface area contributed by atoms with Crippen LogP contribution in [-0.2, 0) is 6.42 Å². The zero-order valence-electron chi connectivity index (χ0n) is 18.1. The first-order valence-electron chi connectivity index (χ1n) is 11.3. The van der Waals surface area contributed by atoms with Gasteiger partial charge in [-0.25, -0.2) is 9.97 Å². The summed E-state index contributed by atoms with van der Waals surface area (Å²) in [4.78, 5) is 13.4. The number of thiophene rings is 1. The standard InChI is InChI=1S/C26H25N5OS/c32-23(21-2-1-10-27-21)12-16-3-5-17(6-4-16)24-14-22-25(33-24)26(30-15-29-22)31-19-7-8-20-18(13-19)9-11-28-20/h3-9,11,13-15,21,23,27-28,32H,1-2,10,12H2,(H,29,30,31). The smallest absolute Gasteiger partial charge is 0.151 e. The molecule has 0 radical (unpaired) electrons. The Labute approximate surface area is 195 Å². The zero-order chi connectivity index (χ0) is 22.2. The van der Waals surface area contributed by atoms with Crippen LogP contribution in [0, 0.1) is 0 Å². The molecule has 0 spiro atoms. The average Bonchev–Trinajstić information content (AvgIpc) is 3.60. The lowest BCUT2D eigenvalue weighted by molar-refractivity contribution is 0.136. The van der Waals surface area contributed by atoms with Gasteiger partial charge in [0, 0.05) is 33.7 Å². The zero-order valence-corrected chi connectivity index (χ0v) is 18.9. The first-order valence-corrected chi connectivity index (χ1v) is 12.1. The maximum absolute atomic E-state index is 10.5. The number of H-pyrrole nitrogens is 1. The van der Waals surface area contributed by atoms with Crippen LogP contribution in [0.3, 0.4) is 0 Å². The predicted octanol–water partition coefficient (Wildman–Crippen LogP) is 5.24. The van der Waals surface area contributed by atoms with E-state index in [2.05, 4.69) is 80.2 Å². The molecule has 0 bridgehead atoms. The number of hydrogen-bond acceptors (Lipinski definition) is 6. The van der Waals surface area contributed by atoms with Gasteiger partial charge in [-0.2, -0.15) is 0 Å². The lowest BCUT2D eigenvalue weighted by Gasteiger charge is -2.18. The van der Waals surface area contributed by atoms with Crippen molar-refractivity contribution >= 4 is 44.0 Å². The van der Waals surface area contributed by atoms with Crippen LogP contribution in [0.1, 0.15) is 18.4 Å². The molecule has 6 nitrogen and oxygen atoms in total. The van der Waals surface area contributed by atoms with Gasteiger partial charge >= 0.3 is 0 Å². The molecule has 1 aliphatic heterocycles. The molecule has 7 heteroatoms. The Kier molecular flexibility index (Phi) is 5.30. The van der Waals surface area contributed by atoms with Crippen molar-refractivity contribution in [1.29, 1.82) is 0 Å². The molecule has 1 fully saturated rings. The van der Waals surface area contributed by atoms with Crippen molar-refractivity contribution in [1.82, 2.24) is 20.3 Å². The van der Waals surface area contributed by atoms with E-state index in [1.807, 2.05) is 6.20 Å². The van der Waals surface area contributed by atoms with Crippen LogP contribution < -0.4 is 10.6 Å². The predicted molar refractivity (Wildman–Crippen MR) is 135 cm³/mol. The number of anilines is 2. The van der Waals surface area contributed by atoms with Crippen molar-refractivity contribution in [3.63, 3.8) is 0 Å². The van der Waals surface area contributed by atoms with Crippen LogP contribution in [0.15, 0.2) is 67.1 Å². The highest BCUT2D eigenvalue weighted by Gasteiger charge is 2.22. The summed E-state index contributed by atoms with van der Waals surface area (Å²) in [6.07, 6.45) is 6.09. The third kappa shape index (κ3) is 4.11. The van der Waals surface area contributed by atoms with Crippen LogP contribution >= 0.6 is 11.3 Å². The molecule has 1 aliphatic rings. The third-order valence-corrected chi connectivity index (χ3v) is 7.55. The highest BCUT2D eigenvalue weighted by molar-refractivity contribution is 7.22. The normalized spacial score (nSPS) is 17.1. The number of nitrogens with one attached hydrogen (secondary N) is 3. The highest BCUT2D eigenvalue weighted by atomic mass is 32.1. The Balaban J connectivity index is 1.24. The molecule has 2 unspecified atom stereocenters. The second-order valence-corrected chi connectivity index (χ2v) is 9.68. The average molecular weight is 456 g/mol. The van der Waals surface area contributed by atoms with Gasteiger partial charge in [-0.1, -0.05) is 24.3 Å². The Hall–Kier alpha value is -3.26. The Bertz CT molecular complexity index is 1400. The van der Waals surface area contributed by atoms with Gasteiger partial charge in [0.1, 0.15) is 6.33 Å². The summed E-state index contributed by atoms with van der Waals surface area (Å²) in [5.41, 5.74) is 5.35. The minimum atomic E-state index is -0.336. The Morgan fingerprint density at radius 3 is 2.85 bits per heavy atom. The van der Waals surface area contributed by atoms with E-state index >= 15 is 0 Å². The molecule has 1 saturated heterocycles. The number of aliphatic hydroxyl groups is 1. The fourth-order valence-corrected chi connectivity index (χ4v) is 5.64. The summed E-state index contributed by atoms with van der Waals surface area (Å²) in [7, 11) is 0. The van der Waals surface area contributed by atoms with Gasteiger partial charge in [0.05, 0.1) is 16.3 Å². The van der Waals surface area contributed by atoms with Gasteiger partial charge in [0.2, 0.25) is 0 Å². The topological polar surface area (TPSA) is 85.9 Å². The van der Waals surface area contributed by atoms with Crippen molar-refractivity contribution in [3.05, 3.63) is 72.7 Å². The number of aromatic amines is 1. The summed E-state index contributed by atoms with van der Waals surface area (Å²) in [5, 5.41) is 18.5. The second kappa shape index (κ2) is 8.59. The number of nitrogens with zero attached hydrogens (tertiary/aromatic N) is 2. The first kappa shape index (κ1) is 20.4. The molecule has 2 atom stereocenters. The second-order valence-electron chi connectivity index (χ2n) is 8.62. The van der Waals surface area contributed by atoms with E-state index in [1.54, 1.807) is 17.7 Å². The summed E-state index contributed by atoms with van der Waals surface area (Å²) in [6, 6.07) is 19.1. The molecule has 4 heterocycles. The Morgan fingerprint density at radius 2 is 2.00 bits per heavy atom. The van der Waals surface area contributed by atoms with E-state index in [1.165, 1.54) is 0 Å². The van der Waals surface area contributed by atoms with Crippen molar-refractivity contribution in [2.45, 2.75) is 31.4 Å². The highest BCUT2D eigenvalue weighted by Crippen LogP contribution is 2.37. The molecule has 166 valence electrons. The van der Waals surface area contributed by atoms with Gasteiger partial charge in [-0.05, 0) is 67.3 Å². The fourth-order valence-electron chi connectivity index (χ4n) is 4.58. The van der Waals surface area contributed by atoms with Crippen molar-refractivity contribution in [2.24, 2.45) is 0 Å². The van der Waals surface area contributed by atoms with Crippen LogP contribution in [-0.4, -0.2) is 38.7 Å². The summed E-state index contributed by atoms with van der Waals surface area (Å²) >= 11 is 1.69. The first-order chi connectivity index (χ1) is 16.2. The molecule has 2 aromatic carbocycles. The van der Waals surface area contributed by atoms with Crippen LogP contribution in [0.25, 0.3) is 31.6 Å². The quantitative estimate of drug-likeness (QED) is 0.281. The van der Waals surface area contributed by atoms with E-state index in [0.29, 0.717) is 6.42 Å². The molecule has 0 aliphatic carbocycles. The fraction of sp³-hybridized carbons (Fsp3) is 0.231. The molecule has 0 saturated carbocycles.